The molecule has 4 atom stereocenters. The Hall–Kier alpha value is -2.28. The number of ether oxygens (including phenoxy) is 1. The number of aliphatic hydroxyl groups excluding tert-OH is 2. The maximum absolute atomic E-state index is 10.3. The van der Waals surface area contributed by atoms with Crippen LogP contribution in [-0.2, 0) is 4.74 Å². The molecule has 24 heavy (non-hydrogen) atoms. The molecule has 1 aromatic carbocycles. The van der Waals surface area contributed by atoms with Crippen molar-refractivity contribution in [3.05, 3.63) is 48.5 Å². The van der Waals surface area contributed by atoms with Gasteiger partial charge in [0.15, 0.2) is 6.23 Å². The van der Waals surface area contributed by atoms with Gasteiger partial charge >= 0.3 is 0 Å². The minimum Gasteiger partial charge on any atom is -0.388 e. The Morgan fingerprint density at radius 2 is 1.83 bits per heavy atom. The molecule has 2 N–H and O–H groups in total. The van der Waals surface area contributed by atoms with Crippen LogP contribution < -0.4 is 0 Å². The van der Waals surface area contributed by atoms with Gasteiger partial charge in [0.25, 0.3) is 0 Å². The highest BCUT2D eigenvalue weighted by atomic mass is 16.6. The molecule has 3 aliphatic heterocycles. The summed E-state index contributed by atoms with van der Waals surface area (Å²) in [4.78, 5) is 8.98. The SMILES string of the molecule is Cc1ncn([C@@H]2O[C@H](C)[C@H](O)[C@@H]2O)c2ncc(-c3ccccc3)c1-2. The number of benzene rings is 1. The summed E-state index contributed by atoms with van der Waals surface area (Å²) >= 11 is 0. The summed E-state index contributed by atoms with van der Waals surface area (Å²) in [5.74, 6) is 0.687. The minimum atomic E-state index is -1.02. The predicted molar refractivity (Wildman–Crippen MR) is 88.4 cm³/mol. The highest BCUT2D eigenvalue weighted by Crippen LogP contribution is 2.38. The van der Waals surface area contributed by atoms with Gasteiger partial charge in [0.05, 0.1) is 18.1 Å². The number of aliphatic hydroxyl groups is 2. The van der Waals surface area contributed by atoms with Crippen molar-refractivity contribution in [1.29, 1.82) is 0 Å². The standard InChI is InChI=1S/C18H19N3O3/c1-10-14-13(12-6-4-3-5-7-12)8-19-17(14)21(9-20-10)18-16(23)15(22)11(2)24-18/h3-9,11,15-16,18,22-23H,1-2H3/t11-,15+,16+,18-/m1/s1. The molecule has 0 aliphatic carbocycles. The fourth-order valence-electron chi connectivity index (χ4n) is 3.28. The molecule has 1 saturated heterocycles. The van der Waals surface area contributed by atoms with E-state index in [2.05, 4.69) is 9.97 Å². The van der Waals surface area contributed by atoms with E-state index in [0.717, 1.165) is 22.4 Å². The topological polar surface area (TPSA) is 80.4 Å². The molecule has 1 fully saturated rings. The molecular weight excluding hydrogens is 306 g/mol. The number of hydrogen-bond donors (Lipinski definition) is 2. The second-order valence-corrected chi connectivity index (χ2v) is 6.19. The number of nitrogens with zero attached hydrogens (tertiary/aromatic N) is 3. The zero-order chi connectivity index (χ0) is 16.8. The van der Waals surface area contributed by atoms with E-state index in [1.165, 1.54) is 0 Å². The normalized spacial score (nSPS) is 27.0. The molecule has 3 aliphatic rings. The summed E-state index contributed by atoms with van der Waals surface area (Å²) in [5.41, 5.74) is 3.84. The van der Waals surface area contributed by atoms with E-state index < -0.39 is 24.5 Å². The number of aromatic nitrogens is 3. The summed E-state index contributed by atoms with van der Waals surface area (Å²) < 4.78 is 7.42. The van der Waals surface area contributed by atoms with Crippen molar-refractivity contribution in [3.8, 4) is 22.5 Å². The molecule has 0 amide bonds. The molecule has 6 nitrogen and oxygen atoms in total. The predicted octanol–water partition coefficient (Wildman–Crippen LogP) is 2.00. The number of hydrogen-bond acceptors (Lipinski definition) is 5. The lowest BCUT2D eigenvalue weighted by molar-refractivity contribution is -0.0324. The van der Waals surface area contributed by atoms with Crippen LogP contribution in [0.25, 0.3) is 22.5 Å². The van der Waals surface area contributed by atoms with Crippen LogP contribution in [0.4, 0.5) is 0 Å². The van der Waals surface area contributed by atoms with Crippen molar-refractivity contribution in [2.75, 3.05) is 0 Å². The molecule has 1 aromatic rings. The number of fused-ring (bicyclic) bond motifs is 1. The third-order valence-electron chi connectivity index (χ3n) is 4.63. The Balaban J connectivity index is 1.82. The molecule has 6 heteroatoms. The Labute approximate surface area is 139 Å². The Bertz CT molecular complexity index is 833. The van der Waals surface area contributed by atoms with Gasteiger partial charge in [-0.1, -0.05) is 30.3 Å². The van der Waals surface area contributed by atoms with Crippen molar-refractivity contribution in [2.45, 2.75) is 38.4 Å². The monoisotopic (exact) mass is 325 g/mol. The van der Waals surface area contributed by atoms with Gasteiger partial charge in [-0.3, -0.25) is 4.57 Å². The fraction of sp³-hybridized carbons (Fsp3) is 0.333. The van der Waals surface area contributed by atoms with Gasteiger partial charge in [-0.25, -0.2) is 9.97 Å². The van der Waals surface area contributed by atoms with Gasteiger partial charge < -0.3 is 14.9 Å². The Kier molecular flexibility index (Phi) is 3.60. The molecular formula is C18H19N3O3. The van der Waals surface area contributed by atoms with E-state index in [9.17, 15) is 10.2 Å². The van der Waals surface area contributed by atoms with E-state index in [1.807, 2.05) is 43.5 Å². The van der Waals surface area contributed by atoms with Gasteiger partial charge in [-0.2, -0.15) is 0 Å². The number of rotatable bonds is 2. The maximum Gasteiger partial charge on any atom is 0.165 e. The molecule has 0 bridgehead atoms. The number of aryl methyl sites for hydroxylation is 1. The van der Waals surface area contributed by atoms with Crippen molar-refractivity contribution in [3.63, 3.8) is 0 Å². The van der Waals surface area contributed by atoms with Gasteiger partial charge in [-0.05, 0) is 19.4 Å². The molecule has 0 spiro atoms. The van der Waals surface area contributed by atoms with Gasteiger partial charge in [0.1, 0.15) is 18.0 Å². The van der Waals surface area contributed by atoms with E-state index in [-0.39, 0.29) is 0 Å². The first-order valence-electron chi connectivity index (χ1n) is 7.97. The molecule has 3 heterocycles. The summed E-state index contributed by atoms with van der Waals surface area (Å²) in [6, 6.07) is 9.99. The van der Waals surface area contributed by atoms with Crippen LogP contribution >= 0.6 is 0 Å². The van der Waals surface area contributed by atoms with Crippen LogP contribution in [0.1, 0.15) is 18.8 Å². The Morgan fingerprint density at radius 3 is 2.50 bits per heavy atom. The summed E-state index contributed by atoms with van der Waals surface area (Å²) in [5, 5.41) is 20.3. The molecule has 4 rings (SSSR count). The summed E-state index contributed by atoms with van der Waals surface area (Å²) in [6.07, 6.45) is 0.322. The van der Waals surface area contributed by atoms with Crippen molar-refractivity contribution >= 4 is 0 Å². The lowest BCUT2D eigenvalue weighted by atomic mass is 10.0. The minimum absolute atomic E-state index is 0.447. The van der Waals surface area contributed by atoms with Crippen molar-refractivity contribution < 1.29 is 14.9 Å². The van der Waals surface area contributed by atoms with Crippen molar-refractivity contribution in [2.24, 2.45) is 0 Å². The second-order valence-electron chi connectivity index (χ2n) is 6.19. The van der Waals surface area contributed by atoms with Gasteiger partial charge in [0, 0.05) is 17.3 Å². The first-order valence-corrected chi connectivity index (χ1v) is 7.97. The third kappa shape index (κ3) is 2.23. The van der Waals surface area contributed by atoms with Crippen LogP contribution in [0.2, 0.25) is 0 Å². The third-order valence-corrected chi connectivity index (χ3v) is 4.63. The molecule has 124 valence electrons. The molecule has 0 unspecified atom stereocenters. The average Bonchev–Trinajstić information content (AvgIpc) is 3.15. The molecule has 0 radical (unpaired) electrons. The Morgan fingerprint density at radius 1 is 1.08 bits per heavy atom. The molecule has 0 aromatic heterocycles. The maximum atomic E-state index is 10.3. The zero-order valence-electron chi connectivity index (χ0n) is 13.5. The van der Waals surface area contributed by atoms with Crippen LogP contribution in [0.3, 0.4) is 0 Å². The highest BCUT2D eigenvalue weighted by molar-refractivity contribution is 5.83. The van der Waals surface area contributed by atoms with Crippen LogP contribution in [0.15, 0.2) is 42.9 Å². The van der Waals surface area contributed by atoms with Gasteiger partial charge in [-0.15, -0.1) is 0 Å². The van der Waals surface area contributed by atoms with E-state index >= 15 is 0 Å². The summed E-state index contributed by atoms with van der Waals surface area (Å²) in [6.45, 7) is 3.67. The van der Waals surface area contributed by atoms with Crippen LogP contribution in [-0.4, -0.2) is 43.1 Å². The molecule has 0 saturated carbocycles. The van der Waals surface area contributed by atoms with E-state index in [0.29, 0.717) is 5.82 Å². The largest absolute Gasteiger partial charge is 0.388 e. The fourth-order valence-corrected chi connectivity index (χ4v) is 3.28. The first kappa shape index (κ1) is 15.3. The van der Waals surface area contributed by atoms with Crippen LogP contribution in [0, 0.1) is 6.92 Å². The zero-order valence-corrected chi connectivity index (χ0v) is 13.5. The quantitative estimate of drug-likeness (QED) is 0.753. The average molecular weight is 325 g/mol. The smallest absolute Gasteiger partial charge is 0.165 e. The summed E-state index contributed by atoms with van der Waals surface area (Å²) in [7, 11) is 0. The highest BCUT2D eigenvalue weighted by Gasteiger charge is 2.42. The first-order chi connectivity index (χ1) is 11.6. The van der Waals surface area contributed by atoms with Crippen molar-refractivity contribution in [1.82, 2.24) is 14.5 Å². The lowest BCUT2D eigenvalue weighted by Crippen LogP contribution is -2.31. The van der Waals surface area contributed by atoms with Gasteiger partial charge in [0.2, 0.25) is 0 Å². The van der Waals surface area contributed by atoms with Crippen LogP contribution in [0.5, 0.6) is 0 Å². The lowest BCUT2D eigenvalue weighted by Gasteiger charge is -2.21. The second kappa shape index (κ2) is 5.66. The van der Waals surface area contributed by atoms with E-state index in [4.69, 9.17) is 4.74 Å². The van der Waals surface area contributed by atoms with E-state index in [1.54, 1.807) is 17.8 Å².